The number of carbonyl (C=O) groups excluding carboxylic acids is 2. The van der Waals surface area contributed by atoms with E-state index in [9.17, 15) is 19.7 Å². The van der Waals surface area contributed by atoms with Gasteiger partial charge in [-0.05, 0) is 30.5 Å². The maximum absolute atomic E-state index is 13.6. The first-order valence-corrected chi connectivity index (χ1v) is 15.0. The van der Waals surface area contributed by atoms with Crippen LogP contribution in [0.15, 0.2) is 107 Å². The van der Waals surface area contributed by atoms with Crippen molar-refractivity contribution >= 4 is 54.8 Å². The minimum atomic E-state index is -0.887. The first kappa shape index (κ1) is 40.2. The number of non-ortho nitro benzene ring substituents is 1. The maximum atomic E-state index is 13.6. The third-order valence-electron chi connectivity index (χ3n) is 8.44. The molecule has 5 rings (SSSR count). The molecular formula is C35H41Cl3N4O6. The molecule has 1 saturated heterocycles. The summed E-state index contributed by atoms with van der Waals surface area (Å²) in [6.45, 7) is 7.52. The van der Waals surface area contributed by atoms with E-state index in [1.807, 2.05) is 12.1 Å². The number of nitrogens with zero attached hydrogens (tertiary/aromatic N) is 3. The van der Waals surface area contributed by atoms with Crippen LogP contribution in [-0.4, -0.2) is 73.1 Å². The van der Waals surface area contributed by atoms with Gasteiger partial charge in [0.25, 0.3) is 5.69 Å². The second kappa shape index (κ2) is 18.6. The third-order valence-corrected chi connectivity index (χ3v) is 8.44. The third kappa shape index (κ3) is 9.15. The predicted octanol–water partition coefficient (Wildman–Crippen LogP) is 6.22. The van der Waals surface area contributed by atoms with Crippen molar-refractivity contribution in [3.8, 4) is 0 Å². The number of rotatable bonds is 10. The summed E-state index contributed by atoms with van der Waals surface area (Å²) in [5.41, 5.74) is 4.25. The molecule has 0 aliphatic carbocycles. The Hall–Kier alpha value is -3.93. The molecular weight excluding hydrogens is 679 g/mol. The zero-order valence-electron chi connectivity index (χ0n) is 27.0. The molecule has 0 spiro atoms. The number of allylic oxidation sites excluding steroid dienone is 2. The molecule has 3 aromatic rings. The highest BCUT2D eigenvalue weighted by Gasteiger charge is 2.38. The molecule has 0 aromatic heterocycles. The van der Waals surface area contributed by atoms with Gasteiger partial charge in [0.2, 0.25) is 0 Å². The van der Waals surface area contributed by atoms with E-state index in [0.29, 0.717) is 23.5 Å². The second-order valence-electron chi connectivity index (χ2n) is 11.2. The van der Waals surface area contributed by atoms with E-state index in [0.717, 1.165) is 26.2 Å². The Morgan fingerprint density at radius 2 is 1.38 bits per heavy atom. The second-order valence-corrected chi connectivity index (χ2v) is 11.2. The Morgan fingerprint density at radius 3 is 1.90 bits per heavy atom. The Balaban J connectivity index is 0.00000267. The molecule has 10 nitrogen and oxygen atoms in total. The topological polar surface area (TPSA) is 114 Å². The van der Waals surface area contributed by atoms with Crippen LogP contribution >= 0.6 is 37.2 Å². The summed E-state index contributed by atoms with van der Waals surface area (Å²) in [5.74, 6) is -2.10. The quantitative estimate of drug-likeness (QED) is 0.148. The van der Waals surface area contributed by atoms with Crippen molar-refractivity contribution in [1.29, 1.82) is 0 Å². The Bertz CT molecular complexity index is 1570. The van der Waals surface area contributed by atoms with Crippen molar-refractivity contribution in [3.05, 3.63) is 134 Å². The number of carbonyl (C=O) groups is 2. The molecule has 2 aliphatic rings. The molecule has 0 radical (unpaired) electrons. The van der Waals surface area contributed by atoms with Crippen LogP contribution in [0.1, 0.15) is 42.5 Å². The van der Waals surface area contributed by atoms with Gasteiger partial charge in [-0.2, -0.15) is 0 Å². The molecule has 48 heavy (non-hydrogen) atoms. The molecule has 13 heteroatoms. The monoisotopic (exact) mass is 718 g/mol. The van der Waals surface area contributed by atoms with Gasteiger partial charge in [-0.3, -0.25) is 19.9 Å². The number of halogens is 3. The predicted molar refractivity (Wildman–Crippen MR) is 192 cm³/mol. The smallest absolute Gasteiger partial charge is 0.336 e. The van der Waals surface area contributed by atoms with Gasteiger partial charge < -0.3 is 14.8 Å². The molecule has 3 aromatic carbocycles. The van der Waals surface area contributed by atoms with Gasteiger partial charge in [-0.15, -0.1) is 37.2 Å². The number of nitrogens with one attached hydrogen (secondary N) is 1. The lowest BCUT2D eigenvalue weighted by atomic mass is 9.80. The van der Waals surface area contributed by atoms with Crippen LogP contribution in [0.5, 0.6) is 0 Å². The van der Waals surface area contributed by atoms with Crippen LogP contribution in [0.3, 0.4) is 0 Å². The van der Waals surface area contributed by atoms with Gasteiger partial charge in [0.1, 0.15) is 6.61 Å². The fourth-order valence-corrected chi connectivity index (χ4v) is 6.27. The Labute approximate surface area is 299 Å². The molecule has 0 saturated carbocycles. The largest absolute Gasteiger partial charge is 0.466 e. The minimum absolute atomic E-state index is 0. The van der Waals surface area contributed by atoms with Crippen molar-refractivity contribution in [2.24, 2.45) is 0 Å². The van der Waals surface area contributed by atoms with Crippen LogP contribution in [0.25, 0.3) is 0 Å². The van der Waals surface area contributed by atoms with Crippen LogP contribution in [0.2, 0.25) is 0 Å². The highest BCUT2D eigenvalue weighted by molar-refractivity contribution is 5.99. The number of benzene rings is 3. The van der Waals surface area contributed by atoms with Gasteiger partial charge in [0.15, 0.2) is 0 Å². The fraction of sp³-hybridized carbons (Fsp3) is 0.314. The van der Waals surface area contributed by atoms with Gasteiger partial charge in [-0.1, -0.05) is 72.8 Å². The summed E-state index contributed by atoms with van der Waals surface area (Å²) in [7, 11) is 1.26. The lowest BCUT2D eigenvalue weighted by molar-refractivity contribution is -0.384. The van der Waals surface area contributed by atoms with E-state index >= 15 is 0 Å². The van der Waals surface area contributed by atoms with Crippen LogP contribution < -0.4 is 5.32 Å². The SMILES string of the molecule is COC(=O)C1=C(C)NC(C)=C(C(=O)OCCN2CCN(C(c3ccccc3)c3ccccc3)CC2)C1c1cccc([N+](=O)[O-])c1.Cl.Cl.Cl. The number of dihydropyridines is 1. The van der Waals surface area contributed by atoms with Crippen LogP contribution in [0, 0.1) is 10.1 Å². The number of hydrogen-bond acceptors (Lipinski definition) is 9. The summed E-state index contributed by atoms with van der Waals surface area (Å²) in [5, 5.41) is 14.6. The molecule has 258 valence electrons. The Kier molecular flexibility index (Phi) is 15.6. The van der Waals surface area contributed by atoms with E-state index in [4.69, 9.17) is 9.47 Å². The van der Waals surface area contributed by atoms with Gasteiger partial charge in [0, 0.05) is 56.3 Å². The first-order chi connectivity index (χ1) is 21.8. The molecule has 2 heterocycles. The van der Waals surface area contributed by atoms with E-state index < -0.39 is 22.8 Å². The van der Waals surface area contributed by atoms with Gasteiger partial charge in [-0.25, -0.2) is 9.59 Å². The maximum Gasteiger partial charge on any atom is 0.336 e. The molecule has 0 bridgehead atoms. The normalized spacial score (nSPS) is 16.5. The van der Waals surface area contributed by atoms with Crippen molar-refractivity contribution in [2.75, 3.05) is 46.4 Å². The average molecular weight is 720 g/mol. The lowest BCUT2D eigenvalue weighted by Gasteiger charge is -2.39. The van der Waals surface area contributed by atoms with E-state index in [2.05, 4.69) is 63.6 Å². The number of methoxy groups -OCH3 is 1. The minimum Gasteiger partial charge on any atom is -0.466 e. The first-order valence-electron chi connectivity index (χ1n) is 15.0. The number of nitro groups is 1. The van der Waals surface area contributed by atoms with Crippen LogP contribution in [0.4, 0.5) is 5.69 Å². The summed E-state index contributed by atoms with van der Waals surface area (Å²) >= 11 is 0. The summed E-state index contributed by atoms with van der Waals surface area (Å²) in [6.07, 6.45) is 0. The highest BCUT2D eigenvalue weighted by atomic mass is 35.5. The van der Waals surface area contributed by atoms with Gasteiger partial charge >= 0.3 is 11.9 Å². The van der Waals surface area contributed by atoms with E-state index in [1.54, 1.807) is 19.9 Å². The van der Waals surface area contributed by atoms with Crippen LogP contribution in [-0.2, 0) is 19.1 Å². The number of esters is 2. The van der Waals surface area contributed by atoms with E-state index in [-0.39, 0.29) is 66.7 Å². The van der Waals surface area contributed by atoms with E-state index in [1.165, 1.54) is 36.4 Å². The molecule has 1 fully saturated rings. The molecule has 1 N–H and O–H groups in total. The number of piperazine rings is 1. The van der Waals surface area contributed by atoms with Crippen molar-refractivity contribution in [3.63, 3.8) is 0 Å². The Morgan fingerprint density at radius 1 is 0.833 bits per heavy atom. The number of ether oxygens (including phenoxy) is 2. The average Bonchev–Trinajstić information content (AvgIpc) is 3.06. The zero-order chi connectivity index (χ0) is 31.9. The summed E-state index contributed by atoms with van der Waals surface area (Å²) in [6, 6.07) is 27.2. The molecule has 1 unspecified atom stereocenters. The summed E-state index contributed by atoms with van der Waals surface area (Å²) < 4.78 is 10.8. The van der Waals surface area contributed by atoms with Gasteiger partial charge in [0.05, 0.1) is 35.1 Å². The van der Waals surface area contributed by atoms with Crippen molar-refractivity contribution < 1.29 is 24.0 Å². The number of hydrogen-bond donors (Lipinski definition) is 1. The molecule has 0 amide bonds. The lowest BCUT2D eigenvalue weighted by Crippen LogP contribution is -2.48. The highest BCUT2D eigenvalue weighted by Crippen LogP contribution is 2.40. The standard InChI is InChI=1S/C35H38N4O6.3ClH/c1-24-30(34(40)44-3)32(28-15-10-16-29(23-28)39(42)43)31(25(2)36-24)35(41)45-22-21-37-17-19-38(20-18-37)33(26-11-6-4-7-12-26)27-13-8-5-9-14-27;;;/h4-16,23,32-33,36H,17-22H2,1-3H3;3*1H. The van der Waals surface area contributed by atoms with Crippen molar-refractivity contribution in [1.82, 2.24) is 15.1 Å². The molecule has 2 aliphatic heterocycles. The molecule has 1 atom stereocenters. The zero-order valence-corrected chi connectivity index (χ0v) is 29.4. The number of nitro benzene ring substituents is 1. The fourth-order valence-electron chi connectivity index (χ4n) is 6.27. The van der Waals surface area contributed by atoms with Crippen molar-refractivity contribution in [2.45, 2.75) is 25.8 Å². The summed E-state index contributed by atoms with van der Waals surface area (Å²) in [4.78, 5) is 42.3.